The SMILES string of the molecule is Cc1nn(-c2cccc(F)c2)c(C)c1CNC(C)C. The number of aryl methyl sites for hydroxylation is 1. The van der Waals surface area contributed by atoms with E-state index in [1.165, 1.54) is 17.7 Å². The Morgan fingerprint density at radius 2 is 2.05 bits per heavy atom. The van der Waals surface area contributed by atoms with Gasteiger partial charge >= 0.3 is 0 Å². The predicted octanol–water partition coefficient (Wildman–Crippen LogP) is 3.13. The molecule has 0 aliphatic rings. The van der Waals surface area contributed by atoms with Crippen molar-refractivity contribution in [3.05, 3.63) is 47.0 Å². The molecule has 102 valence electrons. The lowest BCUT2D eigenvalue weighted by molar-refractivity contribution is 0.586. The summed E-state index contributed by atoms with van der Waals surface area (Å²) in [5.74, 6) is -0.244. The van der Waals surface area contributed by atoms with Crippen molar-refractivity contribution in [2.45, 2.75) is 40.3 Å². The van der Waals surface area contributed by atoms with Gasteiger partial charge in [0.05, 0.1) is 11.4 Å². The van der Waals surface area contributed by atoms with Crippen LogP contribution in [0.5, 0.6) is 0 Å². The number of benzene rings is 1. The van der Waals surface area contributed by atoms with Crippen LogP contribution in [0.1, 0.15) is 30.8 Å². The molecule has 19 heavy (non-hydrogen) atoms. The number of aromatic nitrogens is 2. The van der Waals surface area contributed by atoms with Gasteiger partial charge in [-0.1, -0.05) is 19.9 Å². The molecule has 0 radical (unpaired) electrons. The smallest absolute Gasteiger partial charge is 0.125 e. The second kappa shape index (κ2) is 5.53. The zero-order valence-electron chi connectivity index (χ0n) is 11.9. The molecule has 0 amide bonds. The molecule has 1 N–H and O–H groups in total. The van der Waals surface area contributed by atoms with Gasteiger partial charge in [0.15, 0.2) is 0 Å². The molecular weight excluding hydrogens is 241 g/mol. The van der Waals surface area contributed by atoms with Crippen molar-refractivity contribution in [1.82, 2.24) is 15.1 Å². The van der Waals surface area contributed by atoms with Crippen molar-refractivity contribution in [1.29, 1.82) is 0 Å². The minimum Gasteiger partial charge on any atom is -0.310 e. The Hall–Kier alpha value is -1.68. The van der Waals surface area contributed by atoms with E-state index in [4.69, 9.17) is 0 Å². The number of hydrogen-bond acceptors (Lipinski definition) is 2. The third-order valence-electron chi connectivity index (χ3n) is 3.18. The van der Waals surface area contributed by atoms with Crippen LogP contribution in [-0.2, 0) is 6.54 Å². The first kappa shape index (κ1) is 13.7. The first-order valence-electron chi connectivity index (χ1n) is 6.53. The van der Waals surface area contributed by atoms with E-state index in [9.17, 15) is 4.39 Å². The summed E-state index contributed by atoms with van der Waals surface area (Å²) in [5, 5.41) is 7.90. The van der Waals surface area contributed by atoms with Crippen LogP contribution in [0.25, 0.3) is 5.69 Å². The number of rotatable bonds is 4. The Labute approximate surface area is 113 Å². The van der Waals surface area contributed by atoms with Crippen molar-refractivity contribution in [2.24, 2.45) is 0 Å². The van der Waals surface area contributed by atoms with Gasteiger partial charge in [0, 0.05) is 23.8 Å². The molecule has 0 bridgehead atoms. The second-order valence-corrected chi connectivity index (χ2v) is 5.08. The van der Waals surface area contributed by atoms with Gasteiger partial charge in [0.25, 0.3) is 0 Å². The fraction of sp³-hybridized carbons (Fsp3) is 0.400. The van der Waals surface area contributed by atoms with Gasteiger partial charge in [0.2, 0.25) is 0 Å². The van der Waals surface area contributed by atoms with Crippen molar-refractivity contribution in [2.75, 3.05) is 0 Å². The van der Waals surface area contributed by atoms with Crippen LogP contribution < -0.4 is 5.32 Å². The predicted molar refractivity (Wildman–Crippen MR) is 75.0 cm³/mol. The van der Waals surface area contributed by atoms with Crippen LogP contribution in [0.4, 0.5) is 4.39 Å². The van der Waals surface area contributed by atoms with E-state index in [-0.39, 0.29) is 5.82 Å². The van der Waals surface area contributed by atoms with E-state index >= 15 is 0 Å². The fourth-order valence-electron chi connectivity index (χ4n) is 2.10. The Bertz CT molecular complexity index is 573. The summed E-state index contributed by atoms with van der Waals surface area (Å²) in [7, 11) is 0. The Morgan fingerprint density at radius 1 is 1.32 bits per heavy atom. The first-order valence-corrected chi connectivity index (χ1v) is 6.53. The van der Waals surface area contributed by atoms with Crippen LogP contribution in [0.2, 0.25) is 0 Å². The third-order valence-corrected chi connectivity index (χ3v) is 3.18. The van der Waals surface area contributed by atoms with Crippen LogP contribution in [0, 0.1) is 19.7 Å². The summed E-state index contributed by atoms with van der Waals surface area (Å²) < 4.78 is 15.1. The van der Waals surface area contributed by atoms with Crippen molar-refractivity contribution >= 4 is 0 Å². The number of nitrogens with one attached hydrogen (secondary N) is 1. The van der Waals surface area contributed by atoms with E-state index in [0.29, 0.717) is 6.04 Å². The van der Waals surface area contributed by atoms with Gasteiger partial charge in [-0.2, -0.15) is 5.10 Å². The highest BCUT2D eigenvalue weighted by Crippen LogP contribution is 2.18. The van der Waals surface area contributed by atoms with E-state index < -0.39 is 0 Å². The van der Waals surface area contributed by atoms with E-state index in [2.05, 4.69) is 24.3 Å². The van der Waals surface area contributed by atoms with Crippen LogP contribution in [0.3, 0.4) is 0 Å². The second-order valence-electron chi connectivity index (χ2n) is 5.08. The average molecular weight is 261 g/mol. The lowest BCUT2D eigenvalue weighted by Crippen LogP contribution is -2.22. The molecule has 0 saturated heterocycles. The summed E-state index contributed by atoms with van der Waals surface area (Å²) >= 11 is 0. The zero-order valence-corrected chi connectivity index (χ0v) is 11.9. The quantitative estimate of drug-likeness (QED) is 0.916. The van der Waals surface area contributed by atoms with Gasteiger partial charge in [0.1, 0.15) is 5.82 Å². The minimum absolute atomic E-state index is 0.244. The van der Waals surface area contributed by atoms with Crippen LogP contribution >= 0.6 is 0 Å². The maximum Gasteiger partial charge on any atom is 0.125 e. The monoisotopic (exact) mass is 261 g/mol. The summed E-state index contributed by atoms with van der Waals surface area (Å²) in [5.41, 5.74) is 3.97. The molecule has 0 aliphatic heterocycles. The molecule has 1 aromatic carbocycles. The standard InChI is InChI=1S/C15H20FN3/c1-10(2)17-9-15-11(3)18-19(12(15)4)14-7-5-6-13(16)8-14/h5-8,10,17H,9H2,1-4H3. The van der Waals surface area contributed by atoms with Crippen molar-refractivity contribution in [3.8, 4) is 5.69 Å². The van der Waals surface area contributed by atoms with Crippen LogP contribution in [0.15, 0.2) is 24.3 Å². The molecule has 3 nitrogen and oxygen atoms in total. The highest BCUT2D eigenvalue weighted by atomic mass is 19.1. The summed E-state index contributed by atoms with van der Waals surface area (Å²) in [6, 6.07) is 6.93. The van der Waals surface area contributed by atoms with E-state index in [1.54, 1.807) is 10.7 Å². The Balaban J connectivity index is 2.35. The largest absolute Gasteiger partial charge is 0.310 e. The number of hydrogen-bond donors (Lipinski definition) is 1. The van der Waals surface area contributed by atoms with E-state index in [1.807, 2.05) is 19.9 Å². The molecule has 0 atom stereocenters. The molecule has 0 saturated carbocycles. The topological polar surface area (TPSA) is 29.9 Å². The fourth-order valence-corrected chi connectivity index (χ4v) is 2.10. The summed E-state index contributed by atoms with van der Waals surface area (Å²) in [4.78, 5) is 0. The Morgan fingerprint density at radius 3 is 2.68 bits per heavy atom. The average Bonchev–Trinajstić information content (AvgIpc) is 2.62. The maximum atomic E-state index is 13.3. The van der Waals surface area contributed by atoms with E-state index in [0.717, 1.165) is 23.6 Å². The highest BCUT2D eigenvalue weighted by molar-refractivity contribution is 5.37. The molecule has 0 spiro atoms. The molecule has 1 aromatic heterocycles. The molecule has 2 rings (SSSR count). The first-order chi connectivity index (χ1) is 8.99. The molecule has 1 heterocycles. The molecule has 0 aliphatic carbocycles. The zero-order chi connectivity index (χ0) is 14.0. The molecular formula is C15H20FN3. The van der Waals surface area contributed by atoms with Gasteiger partial charge in [-0.25, -0.2) is 9.07 Å². The number of nitrogens with zero attached hydrogens (tertiary/aromatic N) is 2. The minimum atomic E-state index is -0.244. The molecule has 4 heteroatoms. The highest BCUT2D eigenvalue weighted by Gasteiger charge is 2.13. The number of halogens is 1. The molecule has 0 unspecified atom stereocenters. The van der Waals surface area contributed by atoms with Gasteiger partial charge in [-0.15, -0.1) is 0 Å². The van der Waals surface area contributed by atoms with Gasteiger partial charge < -0.3 is 5.32 Å². The molecule has 0 fully saturated rings. The Kier molecular flexibility index (Phi) is 4.00. The van der Waals surface area contributed by atoms with Gasteiger partial charge in [-0.05, 0) is 32.0 Å². The van der Waals surface area contributed by atoms with Crippen LogP contribution in [-0.4, -0.2) is 15.8 Å². The van der Waals surface area contributed by atoms with Crippen molar-refractivity contribution in [3.63, 3.8) is 0 Å². The van der Waals surface area contributed by atoms with Gasteiger partial charge in [-0.3, -0.25) is 0 Å². The third kappa shape index (κ3) is 3.01. The normalized spacial score (nSPS) is 11.3. The lowest BCUT2D eigenvalue weighted by atomic mass is 10.2. The summed E-state index contributed by atoms with van der Waals surface area (Å²) in [6.07, 6.45) is 0. The van der Waals surface area contributed by atoms with Crippen molar-refractivity contribution < 1.29 is 4.39 Å². The lowest BCUT2D eigenvalue weighted by Gasteiger charge is -2.09. The maximum absolute atomic E-state index is 13.3. The molecule has 2 aromatic rings. The summed E-state index contributed by atoms with van der Waals surface area (Å²) in [6.45, 7) is 9.01.